The molecule has 2 rings (SSSR count). The fourth-order valence-corrected chi connectivity index (χ4v) is 2.65. The van der Waals surface area contributed by atoms with Crippen molar-refractivity contribution in [2.45, 2.75) is 51.7 Å². The lowest BCUT2D eigenvalue weighted by atomic mass is 10.0. The summed E-state index contributed by atoms with van der Waals surface area (Å²) in [4.78, 5) is 11.9. The summed E-state index contributed by atoms with van der Waals surface area (Å²) < 4.78 is 5.45. The lowest BCUT2D eigenvalue weighted by molar-refractivity contribution is -0.132. The van der Waals surface area contributed by atoms with E-state index < -0.39 is 0 Å². The van der Waals surface area contributed by atoms with Crippen LogP contribution in [0.1, 0.15) is 39.5 Å². The number of carbonyl (C=O) groups is 1. The van der Waals surface area contributed by atoms with Gasteiger partial charge in [0.05, 0.1) is 0 Å². The first-order chi connectivity index (χ1) is 7.16. The van der Waals surface area contributed by atoms with E-state index in [-0.39, 0.29) is 12.0 Å². The Kier molecular flexibility index (Phi) is 3.29. The molecular weight excluding hydrogens is 190 g/mol. The highest BCUT2D eigenvalue weighted by Crippen LogP contribution is 2.26. The highest BCUT2D eigenvalue weighted by Gasteiger charge is 2.33. The number of amides is 1. The van der Waals surface area contributed by atoms with E-state index in [9.17, 15) is 4.79 Å². The third kappa shape index (κ3) is 2.51. The summed E-state index contributed by atoms with van der Waals surface area (Å²) in [5.74, 6) is 1.25. The van der Waals surface area contributed by atoms with Crippen LogP contribution in [0.25, 0.3) is 0 Å². The van der Waals surface area contributed by atoms with Gasteiger partial charge in [0, 0.05) is 12.6 Å². The highest BCUT2D eigenvalue weighted by atomic mass is 16.5. The molecule has 1 N–H and O–H groups in total. The molecule has 1 heterocycles. The molecule has 1 saturated heterocycles. The highest BCUT2D eigenvalue weighted by molar-refractivity contribution is 5.81. The van der Waals surface area contributed by atoms with Crippen LogP contribution in [0.5, 0.6) is 0 Å². The molecule has 1 aliphatic carbocycles. The van der Waals surface area contributed by atoms with Crippen LogP contribution in [0.4, 0.5) is 0 Å². The first kappa shape index (κ1) is 10.9. The van der Waals surface area contributed by atoms with E-state index in [1.54, 1.807) is 0 Å². The molecule has 2 fully saturated rings. The second-order valence-electron chi connectivity index (χ2n) is 5.18. The Morgan fingerprint density at radius 2 is 2.07 bits per heavy atom. The van der Waals surface area contributed by atoms with Gasteiger partial charge in [0.15, 0.2) is 0 Å². The zero-order valence-corrected chi connectivity index (χ0v) is 9.66. The van der Waals surface area contributed by atoms with Crippen molar-refractivity contribution >= 4 is 5.91 Å². The molecule has 86 valence electrons. The molecule has 4 unspecified atom stereocenters. The minimum atomic E-state index is -0.194. The minimum Gasteiger partial charge on any atom is -0.368 e. The number of rotatable bonds is 2. The number of hydrogen-bond donors (Lipinski definition) is 1. The average Bonchev–Trinajstić information content (AvgIpc) is 2.75. The van der Waals surface area contributed by atoms with E-state index in [0.29, 0.717) is 12.0 Å². The van der Waals surface area contributed by atoms with E-state index in [4.69, 9.17) is 4.74 Å². The van der Waals surface area contributed by atoms with Gasteiger partial charge >= 0.3 is 0 Å². The van der Waals surface area contributed by atoms with Crippen LogP contribution in [0, 0.1) is 11.8 Å². The second-order valence-corrected chi connectivity index (χ2v) is 5.18. The molecule has 1 aliphatic heterocycles. The minimum absolute atomic E-state index is 0.110. The lowest BCUT2D eigenvalue weighted by Crippen LogP contribution is -2.42. The molecular formula is C12H21NO2. The summed E-state index contributed by atoms with van der Waals surface area (Å²) in [5.41, 5.74) is 0. The van der Waals surface area contributed by atoms with Gasteiger partial charge in [0.25, 0.3) is 0 Å². The van der Waals surface area contributed by atoms with E-state index in [0.717, 1.165) is 31.8 Å². The summed E-state index contributed by atoms with van der Waals surface area (Å²) in [5, 5.41) is 3.12. The predicted molar refractivity (Wildman–Crippen MR) is 58.5 cm³/mol. The number of carbonyl (C=O) groups excluding carboxylic acids is 1. The van der Waals surface area contributed by atoms with Gasteiger partial charge in [-0.2, -0.15) is 0 Å². The fraction of sp³-hybridized carbons (Fsp3) is 0.917. The van der Waals surface area contributed by atoms with Gasteiger partial charge in [-0.05, 0) is 37.5 Å². The monoisotopic (exact) mass is 211 g/mol. The van der Waals surface area contributed by atoms with Crippen LogP contribution in [-0.4, -0.2) is 24.7 Å². The normalized spacial score (nSPS) is 40.7. The number of hydrogen-bond acceptors (Lipinski definition) is 2. The molecule has 0 aromatic carbocycles. The molecule has 15 heavy (non-hydrogen) atoms. The van der Waals surface area contributed by atoms with Crippen LogP contribution in [0.15, 0.2) is 0 Å². The Morgan fingerprint density at radius 1 is 1.27 bits per heavy atom. The van der Waals surface area contributed by atoms with Gasteiger partial charge in [0.1, 0.15) is 6.10 Å². The Labute approximate surface area is 91.6 Å². The lowest BCUT2D eigenvalue weighted by Gasteiger charge is -2.18. The standard InChI is InChI=1S/C12H21NO2/c1-8-3-4-10(7-8)13-12(14)11-9(2)5-6-15-11/h8-11H,3-7H2,1-2H3,(H,13,14). The number of nitrogens with one attached hydrogen (secondary N) is 1. The van der Waals surface area contributed by atoms with Crippen molar-refractivity contribution in [2.24, 2.45) is 11.8 Å². The quantitative estimate of drug-likeness (QED) is 0.755. The maximum Gasteiger partial charge on any atom is 0.249 e. The Morgan fingerprint density at radius 3 is 2.60 bits per heavy atom. The third-order valence-corrected chi connectivity index (χ3v) is 3.69. The molecule has 3 heteroatoms. The van der Waals surface area contributed by atoms with Crippen LogP contribution in [0.3, 0.4) is 0 Å². The van der Waals surface area contributed by atoms with Crippen molar-refractivity contribution in [1.82, 2.24) is 5.32 Å². The summed E-state index contributed by atoms with van der Waals surface area (Å²) in [6.45, 7) is 5.08. The molecule has 1 saturated carbocycles. The van der Waals surface area contributed by atoms with Gasteiger partial charge in [-0.15, -0.1) is 0 Å². The summed E-state index contributed by atoms with van der Waals surface area (Å²) in [6, 6.07) is 0.392. The topological polar surface area (TPSA) is 38.3 Å². The fourth-order valence-electron chi connectivity index (χ4n) is 2.65. The van der Waals surface area contributed by atoms with Crippen molar-refractivity contribution in [3.63, 3.8) is 0 Å². The predicted octanol–water partition coefficient (Wildman–Crippen LogP) is 1.72. The first-order valence-electron chi connectivity index (χ1n) is 6.09. The van der Waals surface area contributed by atoms with E-state index >= 15 is 0 Å². The Balaban J connectivity index is 1.81. The van der Waals surface area contributed by atoms with Gasteiger partial charge < -0.3 is 10.1 Å². The van der Waals surface area contributed by atoms with Crippen LogP contribution in [0.2, 0.25) is 0 Å². The maximum atomic E-state index is 11.9. The van der Waals surface area contributed by atoms with Crippen molar-refractivity contribution in [3.05, 3.63) is 0 Å². The second kappa shape index (κ2) is 4.52. The summed E-state index contributed by atoms with van der Waals surface area (Å²) in [7, 11) is 0. The van der Waals surface area contributed by atoms with Crippen LogP contribution < -0.4 is 5.32 Å². The van der Waals surface area contributed by atoms with Gasteiger partial charge in [0.2, 0.25) is 5.91 Å². The zero-order valence-electron chi connectivity index (χ0n) is 9.66. The zero-order chi connectivity index (χ0) is 10.8. The molecule has 4 atom stereocenters. The van der Waals surface area contributed by atoms with E-state index in [1.165, 1.54) is 6.42 Å². The van der Waals surface area contributed by atoms with E-state index in [1.807, 2.05) is 0 Å². The Hall–Kier alpha value is -0.570. The summed E-state index contributed by atoms with van der Waals surface area (Å²) in [6.07, 6.45) is 4.33. The van der Waals surface area contributed by atoms with Crippen molar-refractivity contribution in [2.75, 3.05) is 6.61 Å². The molecule has 0 radical (unpaired) electrons. The smallest absolute Gasteiger partial charge is 0.249 e. The average molecular weight is 211 g/mol. The van der Waals surface area contributed by atoms with Crippen molar-refractivity contribution in [1.29, 1.82) is 0 Å². The third-order valence-electron chi connectivity index (χ3n) is 3.69. The molecule has 0 aromatic rings. The van der Waals surface area contributed by atoms with Crippen molar-refractivity contribution < 1.29 is 9.53 Å². The van der Waals surface area contributed by atoms with Crippen LogP contribution in [-0.2, 0) is 9.53 Å². The largest absolute Gasteiger partial charge is 0.368 e. The van der Waals surface area contributed by atoms with Crippen LogP contribution >= 0.6 is 0 Å². The number of ether oxygens (including phenoxy) is 1. The molecule has 2 aliphatic rings. The van der Waals surface area contributed by atoms with E-state index in [2.05, 4.69) is 19.2 Å². The maximum absolute atomic E-state index is 11.9. The van der Waals surface area contributed by atoms with Gasteiger partial charge in [-0.25, -0.2) is 0 Å². The summed E-state index contributed by atoms with van der Waals surface area (Å²) >= 11 is 0. The Bertz CT molecular complexity index is 242. The molecule has 0 bridgehead atoms. The first-order valence-corrected chi connectivity index (χ1v) is 6.09. The van der Waals surface area contributed by atoms with Gasteiger partial charge in [-0.3, -0.25) is 4.79 Å². The SMILES string of the molecule is CC1CCC(NC(=O)C2OCCC2C)C1. The van der Waals surface area contributed by atoms with Gasteiger partial charge in [-0.1, -0.05) is 13.8 Å². The molecule has 3 nitrogen and oxygen atoms in total. The molecule has 0 aromatic heterocycles. The molecule has 1 amide bonds. The molecule has 0 spiro atoms. The van der Waals surface area contributed by atoms with Crippen molar-refractivity contribution in [3.8, 4) is 0 Å².